The molecule has 1 saturated heterocycles. The Morgan fingerprint density at radius 3 is 2.62 bits per heavy atom. The van der Waals surface area contributed by atoms with Gasteiger partial charge in [0.1, 0.15) is 0 Å². The second kappa shape index (κ2) is 8.78. The number of ether oxygens (including phenoxy) is 1. The molecule has 1 aliphatic rings. The van der Waals surface area contributed by atoms with E-state index in [-0.39, 0.29) is 29.4 Å². The summed E-state index contributed by atoms with van der Waals surface area (Å²) in [5.41, 5.74) is 0.753. The van der Waals surface area contributed by atoms with Crippen molar-refractivity contribution in [1.29, 1.82) is 0 Å². The van der Waals surface area contributed by atoms with Crippen LogP contribution in [0.25, 0.3) is 6.08 Å². The van der Waals surface area contributed by atoms with Crippen LogP contribution < -0.4 is 4.74 Å². The van der Waals surface area contributed by atoms with Gasteiger partial charge in [-0.2, -0.15) is 0 Å². The smallest absolute Gasteiger partial charge is 0.315 e. The van der Waals surface area contributed by atoms with Crippen LogP contribution in [0.2, 0.25) is 0 Å². The van der Waals surface area contributed by atoms with Gasteiger partial charge in [0.2, 0.25) is 5.75 Å². The average molecular weight is 414 g/mol. The Morgan fingerprint density at radius 1 is 1.24 bits per heavy atom. The lowest BCUT2D eigenvalue weighted by atomic mass is 10.1. The Morgan fingerprint density at radius 2 is 1.97 bits per heavy atom. The highest BCUT2D eigenvalue weighted by Crippen LogP contribution is 2.39. The highest BCUT2D eigenvalue weighted by atomic mass is 32.2. The molecule has 1 fully saturated rings. The van der Waals surface area contributed by atoms with E-state index in [4.69, 9.17) is 4.74 Å². The topological polar surface area (TPSA) is 110 Å². The molecule has 0 unspecified atom stereocenters. The van der Waals surface area contributed by atoms with Crippen LogP contribution in [0.1, 0.15) is 18.1 Å². The molecule has 29 heavy (non-hydrogen) atoms. The molecule has 150 valence electrons. The molecule has 2 aromatic carbocycles. The largest absolute Gasteiger partial charge is 0.500 e. The van der Waals surface area contributed by atoms with Crippen molar-refractivity contribution in [1.82, 2.24) is 4.90 Å². The van der Waals surface area contributed by atoms with Crippen LogP contribution >= 0.6 is 11.8 Å². The van der Waals surface area contributed by atoms with Crippen molar-refractivity contribution in [2.75, 3.05) is 13.2 Å². The van der Waals surface area contributed by atoms with Crippen molar-refractivity contribution in [2.24, 2.45) is 0 Å². The van der Waals surface area contributed by atoms with E-state index in [1.165, 1.54) is 12.1 Å². The summed E-state index contributed by atoms with van der Waals surface area (Å²) in [6.07, 6.45) is 1.92. The van der Waals surface area contributed by atoms with Crippen LogP contribution in [0.3, 0.4) is 0 Å². The molecule has 0 radical (unpaired) electrons. The number of benzene rings is 2. The van der Waals surface area contributed by atoms with Crippen molar-refractivity contribution >= 4 is 34.7 Å². The average Bonchev–Trinajstić information content (AvgIpc) is 2.96. The Hall–Kier alpha value is -3.33. The summed E-state index contributed by atoms with van der Waals surface area (Å²) >= 11 is 0.775. The molecule has 0 aliphatic carbocycles. The number of thioether (sulfide) groups is 1. The van der Waals surface area contributed by atoms with Gasteiger partial charge in [0.25, 0.3) is 11.1 Å². The Balaban J connectivity index is 1.84. The number of hydrogen-bond donors (Lipinski definition) is 1. The summed E-state index contributed by atoms with van der Waals surface area (Å²) in [4.78, 5) is 36.7. The lowest BCUT2D eigenvalue weighted by Gasteiger charge is -2.12. The lowest BCUT2D eigenvalue weighted by Crippen LogP contribution is -2.30. The standard InChI is InChI=1S/C20H18N2O6S/c1-2-28-16-11-14(10-15(18(16)23)22(26)27)12-17-19(24)21(20(25)29-17)9-8-13-6-4-3-5-7-13/h3-7,10-12,23H,2,8-9H2,1H3/b17-12-. The van der Waals surface area contributed by atoms with E-state index in [1.807, 2.05) is 30.3 Å². The second-order valence-corrected chi connectivity index (χ2v) is 7.14. The maximum Gasteiger partial charge on any atom is 0.315 e. The van der Waals surface area contributed by atoms with Gasteiger partial charge < -0.3 is 9.84 Å². The van der Waals surface area contributed by atoms with Crippen molar-refractivity contribution in [3.8, 4) is 11.5 Å². The molecule has 1 heterocycles. The zero-order valence-corrected chi connectivity index (χ0v) is 16.3. The molecule has 0 bridgehead atoms. The van der Waals surface area contributed by atoms with Gasteiger partial charge in [0, 0.05) is 12.6 Å². The second-order valence-electron chi connectivity index (χ2n) is 6.15. The number of hydrogen-bond acceptors (Lipinski definition) is 7. The van der Waals surface area contributed by atoms with E-state index in [0.29, 0.717) is 6.42 Å². The van der Waals surface area contributed by atoms with Gasteiger partial charge in [-0.3, -0.25) is 24.6 Å². The van der Waals surface area contributed by atoms with Crippen LogP contribution in [0.4, 0.5) is 10.5 Å². The monoisotopic (exact) mass is 414 g/mol. The molecule has 0 spiro atoms. The minimum atomic E-state index is -0.735. The number of rotatable bonds is 7. The van der Waals surface area contributed by atoms with E-state index in [2.05, 4.69) is 0 Å². The SMILES string of the molecule is CCOc1cc(/C=C2\SC(=O)N(CCc3ccccc3)C2=O)cc([N+](=O)[O-])c1O. The molecule has 0 saturated carbocycles. The summed E-state index contributed by atoms with van der Waals surface area (Å²) in [7, 11) is 0. The predicted molar refractivity (Wildman–Crippen MR) is 109 cm³/mol. The van der Waals surface area contributed by atoms with E-state index < -0.39 is 27.5 Å². The number of nitrogens with zero attached hydrogens (tertiary/aromatic N) is 2. The summed E-state index contributed by atoms with van der Waals surface area (Å²) in [6.45, 7) is 2.12. The van der Waals surface area contributed by atoms with Crippen LogP contribution in [-0.4, -0.2) is 39.2 Å². The third-order valence-corrected chi connectivity index (χ3v) is 5.12. The highest BCUT2D eigenvalue weighted by Gasteiger charge is 2.35. The maximum absolute atomic E-state index is 12.6. The first-order valence-electron chi connectivity index (χ1n) is 8.84. The lowest BCUT2D eigenvalue weighted by molar-refractivity contribution is -0.386. The number of imide groups is 1. The number of nitro benzene ring substituents is 1. The first kappa shape index (κ1) is 20.4. The molecule has 1 N–H and O–H groups in total. The highest BCUT2D eigenvalue weighted by molar-refractivity contribution is 8.18. The summed E-state index contributed by atoms with van der Waals surface area (Å²) in [6, 6.07) is 12.0. The third kappa shape index (κ3) is 4.57. The minimum absolute atomic E-state index is 0.0590. The maximum atomic E-state index is 12.6. The van der Waals surface area contributed by atoms with E-state index in [9.17, 15) is 24.8 Å². The van der Waals surface area contributed by atoms with Crippen molar-refractivity contribution in [3.05, 3.63) is 68.6 Å². The van der Waals surface area contributed by atoms with Gasteiger partial charge in [-0.1, -0.05) is 30.3 Å². The van der Waals surface area contributed by atoms with Crippen LogP contribution in [0.15, 0.2) is 47.4 Å². The first-order valence-corrected chi connectivity index (χ1v) is 9.65. The summed E-state index contributed by atoms with van der Waals surface area (Å²) in [5.74, 6) is -1.09. The van der Waals surface area contributed by atoms with Gasteiger partial charge in [0.05, 0.1) is 16.4 Å². The number of phenols is 1. The summed E-state index contributed by atoms with van der Waals surface area (Å²) in [5, 5.41) is 20.8. The van der Waals surface area contributed by atoms with Crippen molar-refractivity contribution in [2.45, 2.75) is 13.3 Å². The van der Waals surface area contributed by atoms with E-state index >= 15 is 0 Å². The zero-order chi connectivity index (χ0) is 21.0. The fourth-order valence-corrected chi connectivity index (χ4v) is 3.70. The fraction of sp³-hybridized carbons (Fsp3) is 0.200. The van der Waals surface area contributed by atoms with Gasteiger partial charge in [-0.25, -0.2) is 0 Å². The number of amides is 2. The zero-order valence-electron chi connectivity index (χ0n) is 15.5. The molecule has 3 rings (SSSR count). The number of carbonyl (C=O) groups excluding carboxylic acids is 2. The molecule has 8 nitrogen and oxygen atoms in total. The van der Waals surface area contributed by atoms with Crippen LogP contribution in [0, 0.1) is 10.1 Å². The number of carbonyl (C=O) groups is 2. The number of phenolic OH excluding ortho intramolecular Hbond substituents is 1. The van der Waals surface area contributed by atoms with Gasteiger partial charge in [-0.15, -0.1) is 0 Å². The van der Waals surface area contributed by atoms with Gasteiger partial charge in [-0.05, 0) is 48.4 Å². The van der Waals surface area contributed by atoms with E-state index in [0.717, 1.165) is 28.3 Å². The van der Waals surface area contributed by atoms with E-state index in [1.54, 1.807) is 6.92 Å². The predicted octanol–water partition coefficient (Wildman–Crippen LogP) is 3.98. The van der Waals surface area contributed by atoms with Crippen LogP contribution in [-0.2, 0) is 11.2 Å². The number of aromatic hydroxyl groups is 1. The quantitative estimate of drug-likeness (QED) is 0.414. The third-order valence-electron chi connectivity index (χ3n) is 4.21. The molecular formula is C20H18N2O6S. The fourth-order valence-electron chi connectivity index (χ4n) is 2.83. The molecular weight excluding hydrogens is 396 g/mol. The molecule has 0 aromatic heterocycles. The molecule has 0 atom stereocenters. The molecule has 2 aromatic rings. The van der Waals surface area contributed by atoms with Crippen LogP contribution in [0.5, 0.6) is 11.5 Å². The summed E-state index contributed by atoms with van der Waals surface area (Å²) < 4.78 is 5.24. The number of nitro groups is 1. The normalized spacial score (nSPS) is 15.2. The molecule has 9 heteroatoms. The van der Waals surface area contributed by atoms with Crippen molar-refractivity contribution in [3.63, 3.8) is 0 Å². The van der Waals surface area contributed by atoms with Gasteiger partial charge >= 0.3 is 5.69 Å². The minimum Gasteiger partial charge on any atom is -0.500 e. The Labute approximate surface area is 170 Å². The Bertz CT molecular complexity index is 990. The molecule has 2 amide bonds. The van der Waals surface area contributed by atoms with Crippen molar-refractivity contribution < 1.29 is 24.4 Å². The van der Waals surface area contributed by atoms with Gasteiger partial charge in [0.15, 0.2) is 5.75 Å². The molecule has 1 aliphatic heterocycles. The Kier molecular flexibility index (Phi) is 6.18. The first-order chi connectivity index (χ1) is 13.9.